The lowest BCUT2D eigenvalue weighted by Gasteiger charge is -1.94. The predicted octanol–water partition coefficient (Wildman–Crippen LogP) is 4.84. The average molecular weight is 278 g/mol. The molecular formula is C14H9ClFNS. The van der Waals surface area contributed by atoms with Crippen molar-refractivity contribution in [2.24, 2.45) is 0 Å². The van der Waals surface area contributed by atoms with Crippen molar-refractivity contribution in [2.45, 2.75) is 5.88 Å². The molecule has 0 amide bonds. The molecule has 0 fully saturated rings. The maximum absolute atomic E-state index is 13.2. The van der Waals surface area contributed by atoms with Crippen molar-refractivity contribution in [1.29, 1.82) is 0 Å². The van der Waals surface area contributed by atoms with E-state index >= 15 is 0 Å². The Morgan fingerprint density at radius 2 is 2.06 bits per heavy atom. The minimum Gasteiger partial charge on any atom is -0.236 e. The summed E-state index contributed by atoms with van der Waals surface area (Å²) in [6.07, 6.45) is 0. The minimum absolute atomic E-state index is 0.242. The third-order valence-corrected chi connectivity index (χ3v) is 4.05. The molecule has 3 rings (SSSR count). The van der Waals surface area contributed by atoms with Gasteiger partial charge in [0.2, 0.25) is 0 Å². The van der Waals surface area contributed by atoms with E-state index in [1.807, 2.05) is 24.3 Å². The second kappa shape index (κ2) is 4.67. The molecule has 0 bridgehead atoms. The normalized spacial score (nSPS) is 11.0. The standard InChI is InChI=1S/C14H9ClFNS/c15-8-9-4-5-12-13(6-9)18-14(17-12)10-2-1-3-11(16)7-10/h1-7H,8H2. The number of rotatable bonds is 2. The Morgan fingerprint density at radius 1 is 1.17 bits per heavy atom. The molecule has 0 aliphatic carbocycles. The van der Waals surface area contributed by atoms with Crippen molar-refractivity contribution < 1.29 is 4.39 Å². The Morgan fingerprint density at radius 3 is 2.83 bits per heavy atom. The SMILES string of the molecule is Fc1cccc(-c2nc3ccc(CCl)cc3s2)c1. The molecule has 2 aromatic carbocycles. The lowest BCUT2D eigenvalue weighted by molar-refractivity contribution is 0.628. The van der Waals surface area contributed by atoms with Gasteiger partial charge in [-0.15, -0.1) is 22.9 Å². The summed E-state index contributed by atoms with van der Waals surface area (Å²) in [6.45, 7) is 0. The number of thiazole rings is 1. The van der Waals surface area contributed by atoms with Gasteiger partial charge in [-0.3, -0.25) is 0 Å². The van der Waals surface area contributed by atoms with E-state index in [1.165, 1.54) is 12.1 Å². The molecule has 1 heterocycles. The molecule has 3 aromatic rings. The van der Waals surface area contributed by atoms with Gasteiger partial charge in [-0.1, -0.05) is 18.2 Å². The molecule has 0 spiro atoms. The second-order valence-corrected chi connectivity index (χ2v) is 5.26. The fourth-order valence-electron chi connectivity index (χ4n) is 1.80. The molecule has 18 heavy (non-hydrogen) atoms. The summed E-state index contributed by atoms with van der Waals surface area (Å²) in [5.74, 6) is 0.247. The highest BCUT2D eigenvalue weighted by atomic mass is 35.5. The van der Waals surface area contributed by atoms with Gasteiger partial charge in [-0.25, -0.2) is 9.37 Å². The first-order valence-electron chi connectivity index (χ1n) is 5.47. The Labute approximate surface area is 113 Å². The third kappa shape index (κ3) is 2.11. The Kier molecular flexibility index (Phi) is 3.02. The van der Waals surface area contributed by atoms with E-state index in [4.69, 9.17) is 11.6 Å². The molecule has 0 radical (unpaired) electrons. The van der Waals surface area contributed by atoms with Gasteiger partial charge < -0.3 is 0 Å². The molecule has 90 valence electrons. The van der Waals surface area contributed by atoms with Crippen molar-refractivity contribution in [3.8, 4) is 10.6 Å². The molecule has 0 atom stereocenters. The molecule has 0 unspecified atom stereocenters. The molecular weight excluding hydrogens is 269 g/mol. The van der Waals surface area contributed by atoms with Gasteiger partial charge in [-0.2, -0.15) is 0 Å². The van der Waals surface area contributed by atoms with E-state index in [-0.39, 0.29) is 5.82 Å². The lowest BCUT2D eigenvalue weighted by atomic mass is 10.2. The van der Waals surface area contributed by atoms with Gasteiger partial charge in [0, 0.05) is 11.4 Å². The molecule has 1 aromatic heterocycles. The van der Waals surface area contributed by atoms with Crippen LogP contribution in [0.2, 0.25) is 0 Å². The second-order valence-electron chi connectivity index (χ2n) is 3.97. The van der Waals surface area contributed by atoms with Crippen LogP contribution in [0.4, 0.5) is 4.39 Å². The van der Waals surface area contributed by atoms with Crippen molar-refractivity contribution in [2.75, 3.05) is 0 Å². The summed E-state index contributed by atoms with van der Waals surface area (Å²) in [7, 11) is 0. The molecule has 0 saturated heterocycles. The monoisotopic (exact) mass is 277 g/mol. The van der Waals surface area contributed by atoms with E-state index in [0.717, 1.165) is 26.4 Å². The van der Waals surface area contributed by atoms with Crippen molar-refractivity contribution in [3.05, 3.63) is 53.8 Å². The summed E-state index contributed by atoms with van der Waals surface area (Å²) in [5.41, 5.74) is 2.80. The zero-order valence-corrected chi connectivity index (χ0v) is 10.9. The summed E-state index contributed by atoms with van der Waals surface area (Å²) in [6, 6.07) is 12.4. The molecule has 1 nitrogen and oxygen atoms in total. The van der Waals surface area contributed by atoms with E-state index in [2.05, 4.69) is 4.98 Å². The quantitative estimate of drug-likeness (QED) is 0.611. The first-order chi connectivity index (χ1) is 8.76. The third-order valence-electron chi connectivity index (χ3n) is 2.68. The van der Waals surface area contributed by atoms with Crippen LogP contribution in [-0.2, 0) is 5.88 Å². The summed E-state index contributed by atoms with van der Waals surface area (Å²) in [4.78, 5) is 4.51. The summed E-state index contributed by atoms with van der Waals surface area (Å²) in [5, 5.41) is 0.830. The van der Waals surface area contributed by atoms with Gasteiger partial charge in [0.1, 0.15) is 10.8 Å². The molecule has 0 aliphatic rings. The highest BCUT2D eigenvalue weighted by Gasteiger charge is 2.07. The van der Waals surface area contributed by atoms with Crippen LogP contribution in [0.15, 0.2) is 42.5 Å². The van der Waals surface area contributed by atoms with Crippen LogP contribution >= 0.6 is 22.9 Å². The first kappa shape index (κ1) is 11.6. The number of fused-ring (bicyclic) bond motifs is 1. The van der Waals surface area contributed by atoms with Crippen molar-refractivity contribution >= 4 is 33.2 Å². The number of hydrogen-bond donors (Lipinski definition) is 0. The van der Waals surface area contributed by atoms with Gasteiger partial charge in [0.25, 0.3) is 0 Å². The number of nitrogens with zero attached hydrogens (tertiary/aromatic N) is 1. The van der Waals surface area contributed by atoms with E-state index in [1.54, 1.807) is 17.4 Å². The maximum atomic E-state index is 13.2. The fourth-order valence-corrected chi connectivity index (χ4v) is 2.99. The van der Waals surface area contributed by atoms with Crippen LogP contribution in [0.1, 0.15) is 5.56 Å². The topological polar surface area (TPSA) is 12.9 Å². The smallest absolute Gasteiger partial charge is 0.124 e. The fraction of sp³-hybridized carbons (Fsp3) is 0.0714. The van der Waals surface area contributed by atoms with Gasteiger partial charge in [0.15, 0.2) is 0 Å². The van der Waals surface area contributed by atoms with Gasteiger partial charge in [0.05, 0.1) is 10.2 Å². The van der Waals surface area contributed by atoms with E-state index in [0.29, 0.717) is 5.88 Å². The molecule has 0 N–H and O–H groups in total. The number of benzene rings is 2. The predicted molar refractivity (Wildman–Crippen MR) is 74.6 cm³/mol. The highest BCUT2D eigenvalue weighted by molar-refractivity contribution is 7.21. The van der Waals surface area contributed by atoms with Crippen LogP contribution in [0.25, 0.3) is 20.8 Å². The molecule has 4 heteroatoms. The summed E-state index contributed by atoms with van der Waals surface area (Å²) < 4.78 is 14.3. The van der Waals surface area contributed by atoms with Crippen LogP contribution in [0, 0.1) is 5.82 Å². The zero-order valence-electron chi connectivity index (χ0n) is 9.36. The summed E-state index contributed by atoms with van der Waals surface area (Å²) >= 11 is 7.36. The maximum Gasteiger partial charge on any atom is 0.124 e. The first-order valence-corrected chi connectivity index (χ1v) is 6.83. The number of hydrogen-bond acceptors (Lipinski definition) is 2. The lowest BCUT2D eigenvalue weighted by Crippen LogP contribution is -1.78. The number of aromatic nitrogens is 1. The minimum atomic E-state index is -0.242. The number of alkyl halides is 1. The average Bonchev–Trinajstić information content (AvgIpc) is 2.81. The molecule has 0 aliphatic heterocycles. The van der Waals surface area contributed by atoms with Crippen LogP contribution < -0.4 is 0 Å². The largest absolute Gasteiger partial charge is 0.236 e. The van der Waals surface area contributed by atoms with Crippen molar-refractivity contribution in [3.63, 3.8) is 0 Å². The van der Waals surface area contributed by atoms with E-state index < -0.39 is 0 Å². The van der Waals surface area contributed by atoms with E-state index in [9.17, 15) is 4.39 Å². The molecule has 0 saturated carbocycles. The van der Waals surface area contributed by atoms with Gasteiger partial charge >= 0.3 is 0 Å². The van der Waals surface area contributed by atoms with Crippen LogP contribution in [0.5, 0.6) is 0 Å². The zero-order chi connectivity index (χ0) is 12.5. The van der Waals surface area contributed by atoms with Gasteiger partial charge in [-0.05, 0) is 29.8 Å². The van der Waals surface area contributed by atoms with Crippen LogP contribution in [0.3, 0.4) is 0 Å². The number of halogens is 2. The Bertz CT molecular complexity index is 708. The van der Waals surface area contributed by atoms with Crippen molar-refractivity contribution in [1.82, 2.24) is 4.98 Å². The van der Waals surface area contributed by atoms with Crippen LogP contribution in [-0.4, -0.2) is 4.98 Å². The Hall–Kier alpha value is -1.45. The highest BCUT2D eigenvalue weighted by Crippen LogP contribution is 2.31. The Balaban J connectivity index is 2.13.